The molecule has 1 fully saturated rings. The van der Waals surface area contributed by atoms with Crippen molar-refractivity contribution in [1.82, 2.24) is 15.2 Å². The Kier molecular flexibility index (Phi) is 6.15. The molecule has 1 saturated heterocycles. The minimum Gasteiger partial charge on any atom is -0.349 e. The largest absolute Gasteiger partial charge is 0.349 e. The summed E-state index contributed by atoms with van der Waals surface area (Å²) in [6.45, 7) is 4.20. The molecule has 122 valence electrons. The molecule has 0 radical (unpaired) electrons. The number of thioether (sulfide) groups is 1. The van der Waals surface area contributed by atoms with Crippen molar-refractivity contribution in [3.63, 3.8) is 0 Å². The smallest absolute Gasteiger partial charge is 0.230 e. The predicted octanol–water partition coefficient (Wildman–Crippen LogP) is 2.47. The molecule has 0 bridgehead atoms. The van der Waals surface area contributed by atoms with Gasteiger partial charge in [0, 0.05) is 17.2 Å². The Morgan fingerprint density at radius 2 is 2.05 bits per heavy atom. The molecule has 1 aliphatic carbocycles. The summed E-state index contributed by atoms with van der Waals surface area (Å²) in [6.07, 6.45) is 7.51. The zero-order valence-electron chi connectivity index (χ0n) is 13.1. The van der Waals surface area contributed by atoms with Crippen LogP contribution >= 0.6 is 23.1 Å². The van der Waals surface area contributed by atoms with Gasteiger partial charge in [-0.15, -0.1) is 11.3 Å². The maximum atomic E-state index is 11.9. The lowest BCUT2D eigenvalue weighted by atomic mass is 10.0. The summed E-state index contributed by atoms with van der Waals surface area (Å²) >= 11 is 3.52. The lowest BCUT2D eigenvalue weighted by Crippen LogP contribution is -2.26. The Morgan fingerprint density at radius 1 is 1.23 bits per heavy atom. The van der Waals surface area contributed by atoms with Crippen molar-refractivity contribution >= 4 is 29.0 Å². The Bertz CT molecular complexity index is 474. The maximum absolute atomic E-state index is 11.9. The van der Waals surface area contributed by atoms with E-state index in [0.717, 1.165) is 23.7 Å². The summed E-state index contributed by atoms with van der Waals surface area (Å²) in [5.41, 5.74) is 1.28. The van der Waals surface area contributed by atoms with Gasteiger partial charge in [-0.05, 0) is 51.6 Å². The van der Waals surface area contributed by atoms with Crippen LogP contribution in [0.3, 0.4) is 0 Å². The van der Waals surface area contributed by atoms with Gasteiger partial charge in [0.1, 0.15) is 5.01 Å². The molecule has 22 heavy (non-hydrogen) atoms. The summed E-state index contributed by atoms with van der Waals surface area (Å²) in [5.74, 6) is 1.76. The number of carbonyl (C=O) groups is 1. The van der Waals surface area contributed by atoms with Crippen molar-refractivity contribution in [3.05, 3.63) is 15.6 Å². The molecule has 0 unspecified atom stereocenters. The van der Waals surface area contributed by atoms with Gasteiger partial charge in [-0.2, -0.15) is 11.8 Å². The molecule has 2 aliphatic rings. The fourth-order valence-corrected chi connectivity index (χ4v) is 4.99. The Labute approximate surface area is 141 Å². The number of hydrogen-bond acceptors (Lipinski definition) is 5. The van der Waals surface area contributed by atoms with Crippen LogP contribution in [0.25, 0.3) is 0 Å². The normalized spacial score (nSPS) is 18.4. The number of thiazole rings is 1. The second-order valence-corrected chi connectivity index (χ2v) is 8.34. The molecule has 6 heteroatoms. The number of aromatic nitrogens is 1. The van der Waals surface area contributed by atoms with E-state index in [-0.39, 0.29) is 5.91 Å². The van der Waals surface area contributed by atoms with E-state index in [9.17, 15) is 4.79 Å². The van der Waals surface area contributed by atoms with E-state index in [1.54, 1.807) is 23.1 Å². The number of nitrogens with one attached hydrogen (secondary N) is 1. The molecule has 4 nitrogen and oxygen atoms in total. The van der Waals surface area contributed by atoms with E-state index >= 15 is 0 Å². The molecule has 2 heterocycles. The molecule has 0 saturated carbocycles. The van der Waals surface area contributed by atoms with E-state index in [1.165, 1.54) is 55.8 Å². The van der Waals surface area contributed by atoms with Crippen LogP contribution in [0.4, 0.5) is 0 Å². The van der Waals surface area contributed by atoms with E-state index < -0.39 is 0 Å². The predicted molar refractivity (Wildman–Crippen MR) is 93.6 cm³/mol. The van der Waals surface area contributed by atoms with Crippen LogP contribution in [-0.4, -0.2) is 46.9 Å². The minimum atomic E-state index is 0.139. The molecular formula is C16H25N3OS2. The molecule has 0 atom stereocenters. The summed E-state index contributed by atoms with van der Waals surface area (Å²) in [6, 6.07) is 0. The number of fused-ring (bicyclic) bond motifs is 1. The van der Waals surface area contributed by atoms with Gasteiger partial charge < -0.3 is 10.2 Å². The van der Waals surface area contributed by atoms with Crippen molar-refractivity contribution in [3.8, 4) is 0 Å². The lowest BCUT2D eigenvalue weighted by Gasteiger charge is -2.13. The molecule has 1 amide bonds. The highest BCUT2D eigenvalue weighted by atomic mass is 32.2. The average Bonchev–Trinajstić information content (AvgIpc) is 3.18. The Hall–Kier alpha value is -0.590. The SMILES string of the molecule is O=C(CSCCN1CCCC1)NCc1nc2c(s1)CCCC2. The molecule has 1 aromatic rings. The molecule has 0 aromatic carbocycles. The number of amides is 1. The molecule has 1 aromatic heterocycles. The summed E-state index contributed by atoms with van der Waals surface area (Å²) in [7, 11) is 0. The fraction of sp³-hybridized carbons (Fsp3) is 0.750. The average molecular weight is 340 g/mol. The quantitative estimate of drug-likeness (QED) is 0.775. The number of hydrogen-bond donors (Lipinski definition) is 1. The number of rotatable bonds is 7. The number of likely N-dealkylation sites (tertiary alicyclic amines) is 1. The highest BCUT2D eigenvalue weighted by Gasteiger charge is 2.15. The van der Waals surface area contributed by atoms with Gasteiger partial charge in [0.2, 0.25) is 5.91 Å². The van der Waals surface area contributed by atoms with Crippen molar-refractivity contribution in [2.75, 3.05) is 31.1 Å². The van der Waals surface area contributed by atoms with Crippen LogP contribution in [0.15, 0.2) is 0 Å². The summed E-state index contributed by atoms with van der Waals surface area (Å²) < 4.78 is 0. The third-order valence-electron chi connectivity index (χ3n) is 4.31. The maximum Gasteiger partial charge on any atom is 0.230 e. The van der Waals surface area contributed by atoms with Crippen molar-refractivity contribution in [2.45, 2.75) is 45.1 Å². The second kappa shape index (κ2) is 8.31. The van der Waals surface area contributed by atoms with Gasteiger partial charge >= 0.3 is 0 Å². The summed E-state index contributed by atoms with van der Waals surface area (Å²) in [4.78, 5) is 20.5. The number of aryl methyl sites for hydroxylation is 2. The van der Waals surface area contributed by atoms with Crippen LogP contribution in [0, 0.1) is 0 Å². The number of nitrogens with zero attached hydrogens (tertiary/aromatic N) is 2. The van der Waals surface area contributed by atoms with Crippen molar-refractivity contribution in [2.24, 2.45) is 0 Å². The third-order valence-corrected chi connectivity index (χ3v) is 6.41. The Balaban J connectivity index is 1.31. The van der Waals surface area contributed by atoms with Crippen LogP contribution in [0.2, 0.25) is 0 Å². The van der Waals surface area contributed by atoms with E-state index in [2.05, 4.69) is 15.2 Å². The second-order valence-electron chi connectivity index (χ2n) is 6.06. The molecule has 0 spiro atoms. The van der Waals surface area contributed by atoms with Gasteiger partial charge in [0.05, 0.1) is 18.0 Å². The van der Waals surface area contributed by atoms with E-state index in [4.69, 9.17) is 0 Å². The highest BCUT2D eigenvalue weighted by Crippen LogP contribution is 2.26. The van der Waals surface area contributed by atoms with E-state index in [0.29, 0.717) is 12.3 Å². The van der Waals surface area contributed by atoms with Crippen LogP contribution in [0.1, 0.15) is 41.3 Å². The first-order valence-electron chi connectivity index (χ1n) is 8.35. The minimum absolute atomic E-state index is 0.139. The van der Waals surface area contributed by atoms with Crippen LogP contribution in [0.5, 0.6) is 0 Å². The van der Waals surface area contributed by atoms with Gasteiger partial charge in [0.15, 0.2) is 0 Å². The summed E-state index contributed by atoms with van der Waals surface area (Å²) in [5, 5.41) is 4.08. The standard InChI is InChI=1S/C16H25N3OS2/c20-15(12-21-10-9-19-7-3-4-8-19)17-11-16-18-13-5-1-2-6-14(13)22-16/h1-12H2,(H,17,20). The highest BCUT2D eigenvalue weighted by molar-refractivity contribution is 7.99. The first-order valence-corrected chi connectivity index (χ1v) is 10.3. The zero-order valence-corrected chi connectivity index (χ0v) is 14.7. The van der Waals surface area contributed by atoms with Gasteiger partial charge in [-0.1, -0.05) is 0 Å². The molecule has 1 N–H and O–H groups in total. The molecular weight excluding hydrogens is 314 g/mol. The zero-order chi connectivity index (χ0) is 15.2. The van der Waals surface area contributed by atoms with Gasteiger partial charge in [0.25, 0.3) is 0 Å². The number of carbonyl (C=O) groups excluding carboxylic acids is 1. The van der Waals surface area contributed by atoms with Crippen molar-refractivity contribution in [1.29, 1.82) is 0 Å². The van der Waals surface area contributed by atoms with E-state index in [1.807, 2.05) is 0 Å². The lowest BCUT2D eigenvalue weighted by molar-refractivity contribution is -0.118. The van der Waals surface area contributed by atoms with Crippen LogP contribution in [-0.2, 0) is 24.2 Å². The van der Waals surface area contributed by atoms with Crippen molar-refractivity contribution < 1.29 is 4.79 Å². The third kappa shape index (κ3) is 4.70. The fourth-order valence-electron chi connectivity index (χ4n) is 3.07. The van der Waals surface area contributed by atoms with Gasteiger partial charge in [-0.25, -0.2) is 4.98 Å². The van der Waals surface area contributed by atoms with Gasteiger partial charge in [-0.3, -0.25) is 4.79 Å². The first kappa shape index (κ1) is 16.3. The first-order chi connectivity index (χ1) is 10.8. The topological polar surface area (TPSA) is 45.2 Å². The monoisotopic (exact) mass is 339 g/mol. The molecule has 1 aliphatic heterocycles. The van der Waals surface area contributed by atoms with Crippen LogP contribution < -0.4 is 5.32 Å². The molecule has 3 rings (SSSR count). The Morgan fingerprint density at radius 3 is 2.86 bits per heavy atom.